The molecule has 3 atom stereocenters. The molecule has 0 fully saturated rings. The van der Waals surface area contributed by atoms with Gasteiger partial charge < -0.3 is 36.0 Å². The number of nitrogens with one attached hydrogen (secondary N) is 3. The number of sulfone groups is 3. The predicted molar refractivity (Wildman–Crippen MR) is 381 cm³/mol. The van der Waals surface area contributed by atoms with E-state index in [1.54, 1.807) is 162 Å². The molecule has 6 heterocycles. The van der Waals surface area contributed by atoms with Crippen molar-refractivity contribution in [2.45, 2.75) is 69.0 Å². The third-order valence-corrected chi connectivity index (χ3v) is 24.6. The van der Waals surface area contributed by atoms with Crippen LogP contribution in [0.25, 0.3) is 31.7 Å². The van der Waals surface area contributed by atoms with Gasteiger partial charge in [0.15, 0.2) is 29.5 Å². The number of hydrogen-bond donors (Lipinski definition) is 6. The van der Waals surface area contributed by atoms with Crippen LogP contribution < -0.4 is 20.7 Å². The molecule has 19 nitrogen and oxygen atoms in total. The Bertz CT molecular complexity index is 5000. The molecular formula is C70H64ClN9O10S6. The maximum Gasteiger partial charge on any atom is 0.227 e. The van der Waals surface area contributed by atoms with E-state index < -0.39 is 47.8 Å². The first-order chi connectivity index (χ1) is 46.0. The number of rotatable bonds is 22. The number of halogens is 1. The number of anilines is 6. The Balaban J connectivity index is 0.000000157. The molecule has 26 heteroatoms. The van der Waals surface area contributed by atoms with Gasteiger partial charge in [0.05, 0.1) is 74.4 Å². The molecule has 96 heavy (non-hydrogen) atoms. The highest BCUT2D eigenvalue weighted by Crippen LogP contribution is 2.36. The first-order valence-electron chi connectivity index (χ1n) is 29.6. The van der Waals surface area contributed by atoms with E-state index in [4.69, 9.17) is 16.3 Å². The molecule has 0 saturated heterocycles. The van der Waals surface area contributed by atoms with Crippen molar-refractivity contribution >= 4 is 110 Å². The Hall–Kier alpha value is -9.12. The van der Waals surface area contributed by atoms with Crippen LogP contribution in [-0.2, 0) is 46.8 Å². The summed E-state index contributed by atoms with van der Waals surface area (Å²) in [5.74, 6) is 1.50. The van der Waals surface area contributed by atoms with Crippen molar-refractivity contribution in [3.63, 3.8) is 0 Å². The highest BCUT2D eigenvalue weighted by molar-refractivity contribution is 7.93. The van der Waals surface area contributed by atoms with E-state index >= 15 is 0 Å². The monoisotopic (exact) mass is 1420 g/mol. The largest absolute Gasteiger partial charge is 0.497 e. The summed E-state index contributed by atoms with van der Waals surface area (Å²) in [4.78, 5) is 28.5. The average Bonchev–Trinajstić information content (AvgIpc) is 1.74. The average molecular weight is 1420 g/mol. The van der Waals surface area contributed by atoms with Crippen molar-refractivity contribution in [1.29, 1.82) is 0 Å². The van der Waals surface area contributed by atoms with Gasteiger partial charge in [-0.2, -0.15) is 0 Å². The minimum atomic E-state index is -3.52. The van der Waals surface area contributed by atoms with Crippen molar-refractivity contribution in [2.75, 3.05) is 23.1 Å². The summed E-state index contributed by atoms with van der Waals surface area (Å²) in [6, 6.07) is 60.4. The van der Waals surface area contributed by atoms with E-state index in [2.05, 4.69) is 45.9 Å². The van der Waals surface area contributed by atoms with Crippen molar-refractivity contribution in [3.8, 4) is 37.5 Å². The SMILES string of the molecule is CC(O)c1cccc(Nc2nccc(-c3ccc(S(=O)(=O)Cc4cccc(Cl)c4)s3)n2)c1.CC(O)c1cccc(Nc2nccc(-c3ccc(S(=O)(=O)Cc4ccccc4)s3)n2)c1.COc1cccc(CS(=O)(=O)c2ccc(-c3ccnc(Nc4cccc(C(C)O)c4)n3)s2)c1. The maximum absolute atomic E-state index is 12.9. The summed E-state index contributed by atoms with van der Waals surface area (Å²) in [5, 5.41) is 39.2. The van der Waals surface area contributed by atoms with Gasteiger partial charge >= 0.3 is 0 Å². The third kappa shape index (κ3) is 19.1. The highest BCUT2D eigenvalue weighted by Gasteiger charge is 2.23. The summed E-state index contributed by atoms with van der Waals surface area (Å²) >= 11 is 9.51. The van der Waals surface area contributed by atoms with E-state index in [1.165, 1.54) is 34.0 Å². The smallest absolute Gasteiger partial charge is 0.227 e. The molecule has 6 aromatic heterocycles. The van der Waals surface area contributed by atoms with Gasteiger partial charge in [0.2, 0.25) is 17.8 Å². The Labute approximate surface area is 573 Å². The summed E-state index contributed by atoms with van der Waals surface area (Å²) < 4.78 is 83.2. The summed E-state index contributed by atoms with van der Waals surface area (Å²) in [6.07, 6.45) is 3.12. The van der Waals surface area contributed by atoms with Crippen molar-refractivity contribution < 1.29 is 45.3 Å². The lowest BCUT2D eigenvalue weighted by atomic mass is 10.1. The van der Waals surface area contributed by atoms with Gasteiger partial charge in [0, 0.05) is 40.7 Å². The molecule has 0 bridgehead atoms. The molecule has 0 aliphatic carbocycles. The van der Waals surface area contributed by atoms with E-state index in [0.717, 1.165) is 53.9 Å². The number of benzene rings is 6. The summed E-state index contributed by atoms with van der Waals surface area (Å²) in [5.41, 5.74) is 8.52. The topological polar surface area (TPSA) is 286 Å². The Morgan fingerprint density at radius 1 is 0.406 bits per heavy atom. The van der Waals surface area contributed by atoms with Gasteiger partial charge in [0.1, 0.15) is 18.4 Å². The Morgan fingerprint density at radius 2 is 0.750 bits per heavy atom. The maximum atomic E-state index is 12.9. The van der Waals surface area contributed by atoms with Gasteiger partial charge in [-0.15, -0.1) is 34.0 Å². The van der Waals surface area contributed by atoms with Crippen LogP contribution in [0.3, 0.4) is 0 Å². The molecular weight excluding hydrogens is 1350 g/mol. The first kappa shape index (κ1) is 69.7. The number of hydrogen-bond acceptors (Lipinski definition) is 22. The number of thiophene rings is 3. The van der Waals surface area contributed by atoms with Crippen molar-refractivity contribution in [1.82, 2.24) is 29.9 Å². The molecule has 0 aliphatic rings. The second-order valence-electron chi connectivity index (χ2n) is 21.7. The zero-order chi connectivity index (χ0) is 68.0. The fraction of sp³-hybridized carbons (Fsp3) is 0.143. The molecule has 492 valence electrons. The quantitative estimate of drug-likeness (QED) is 0.0368. The van der Waals surface area contributed by atoms with Gasteiger partial charge in [-0.1, -0.05) is 103 Å². The standard InChI is InChI=1S/C24H23N3O4S2.C23H20ClN3O3S2.C23H21N3O3S2/c1-16(28)18-6-4-7-19(14-18)26-24-25-12-11-21(27-24)22-9-10-23(32-22)33(29,30)15-17-5-3-8-20(13-17)31-2;1-15(28)17-5-3-7-19(13-17)26-23-25-11-10-20(27-23)21-8-9-22(31-21)32(29,30)14-16-4-2-6-18(24)12-16;1-16(27)18-8-5-9-19(14-18)25-23-24-13-12-20(26-23)21-10-11-22(30-21)31(28,29)15-17-6-3-2-4-7-17/h3-14,16,28H,15H2,1-2H3,(H,25,26,27);2-13,15,28H,14H2,1H3,(H,25,26,27);2-14,16,27H,15H2,1H3,(H,24,25,26). The number of nitrogens with zero attached hydrogens (tertiary/aromatic N) is 6. The molecule has 6 N–H and O–H groups in total. The second kappa shape index (κ2) is 31.6. The number of aliphatic hydroxyl groups is 3. The van der Waals surface area contributed by atoms with Crippen LogP contribution in [0.15, 0.2) is 237 Å². The third-order valence-electron chi connectivity index (χ3n) is 14.2. The highest BCUT2D eigenvalue weighted by atomic mass is 35.5. The molecule has 0 saturated carbocycles. The van der Waals surface area contributed by atoms with Crippen LogP contribution in [0.2, 0.25) is 5.02 Å². The molecule has 12 aromatic rings. The predicted octanol–water partition coefficient (Wildman–Crippen LogP) is 15.6. The minimum absolute atomic E-state index is 0.0377. The number of aliphatic hydroxyl groups excluding tert-OH is 3. The lowest BCUT2D eigenvalue weighted by molar-refractivity contribution is 0.199. The minimum Gasteiger partial charge on any atom is -0.497 e. The van der Waals surface area contributed by atoms with E-state index in [1.807, 2.05) is 91.0 Å². The second-order valence-corrected chi connectivity index (χ2v) is 32.0. The van der Waals surface area contributed by atoms with E-state index in [9.17, 15) is 40.6 Å². The van der Waals surface area contributed by atoms with E-state index in [0.29, 0.717) is 61.0 Å². The lowest BCUT2D eigenvalue weighted by Crippen LogP contribution is -2.03. The van der Waals surface area contributed by atoms with Gasteiger partial charge in [-0.3, -0.25) is 0 Å². The number of methoxy groups -OCH3 is 1. The molecule has 0 amide bonds. The first-order valence-corrected chi connectivity index (χ1v) is 37.4. The van der Waals surface area contributed by atoms with Gasteiger partial charge in [0.25, 0.3) is 0 Å². The van der Waals surface area contributed by atoms with Gasteiger partial charge in [-0.05, 0) is 169 Å². The molecule has 0 aliphatic heterocycles. The number of ether oxygens (including phenoxy) is 1. The zero-order valence-electron chi connectivity index (χ0n) is 51.9. The summed E-state index contributed by atoms with van der Waals surface area (Å²) in [6.45, 7) is 5.11. The van der Waals surface area contributed by atoms with Gasteiger partial charge in [-0.25, -0.2) is 55.2 Å². The fourth-order valence-corrected chi connectivity index (χ4v) is 17.7. The van der Waals surface area contributed by atoms with Crippen molar-refractivity contribution in [2.24, 2.45) is 0 Å². The normalized spacial score (nSPS) is 12.4. The Kier molecular flexibility index (Phi) is 23.0. The van der Waals surface area contributed by atoms with Crippen LogP contribution in [0, 0.1) is 0 Å². The van der Waals surface area contributed by atoms with Crippen LogP contribution in [0.1, 0.15) is 72.5 Å². The Morgan fingerprint density at radius 3 is 1.11 bits per heavy atom. The fourth-order valence-electron chi connectivity index (χ4n) is 9.39. The van der Waals surface area contributed by atoms with Crippen molar-refractivity contribution in [3.05, 3.63) is 263 Å². The zero-order valence-corrected chi connectivity index (χ0v) is 57.6. The lowest BCUT2D eigenvalue weighted by Gasteiger charge is -2.09. The number of aromatic nitrogens is 6. The molecule has 6 aromatic carbocycles. The van der Waals surface area contributed by atoms with Crippen LogP contribution in [0.4, 0.5) is 34.9 Å². The van der Waals surface area contributed by atoms with E-state index in [-0.39, 0.29) is 25.7 Å². The molecule has 3 unspecified atom stereocenters. The molecule has 0 radical (unpaired) electrons. The summed E-state index contributed by atoms with van der Waals surface area (Å²) in [7, 11) is -8.92. The molecule has 0 spiro atoms. The molecule has 12 rings (SSSR count). The van der Waals surface area contributed by atoms with Crippen LogP contribution >= 0.6 is 45.6 Å². The van der Waals surface area contributed by atoms with Crippen LogP contribution in [0.5, 0.6) is 5.75 Å². The van der Waals surface area contributed by atoms with Crippen LogP contribution in [-0.4, -0.2) is 77.6 Å².